The minimum atomic E-state index is -3.10. The summed E-state index contributed by atoms with van der Waals surface area (Å²) < 4.78 is 27.4. The predicted molar refractivity (Wildman–Crippen MR) is 79.0 cm³/mol. The molecule has 0 fully saturated rings. The van der Waals surface area contributed by atoms with Crippen LogP contribution in [0.2, 0.25) is 5.02 Å². The number of carbonyl (C=O) groups excluding carboxylic acids is 1. The highest BCUT2D eigenvalue weighted by Crippen LogP contribution is 2.28. The number of carbonyl (C=O) groups is 1. The van der Waals surface area contributed by atoms with Crippen molar-refractivity contribution in [2.45, 2.75) is 6.42 Å². The van der Waals surface area contributed by atoms with E-state index in [1.165, 1.54) is 6.07 Å². The Morgan fingerprint density at radius 3 is 2.75 bits per heavy atom. The molecule has 1 amide bonds. The third-order valence-corrected chi connectivity index (χ3v) is 3.44. The summed E-state index contributed by atoms with van der Waals surface area (Å²) in [5.41, 5.74) is 5.69. The van der Waals surface area contributed by atoms with Gasteiger partial charge in [-0.05, 0) is 18.2 Å². The third-order valence-electron chi connectivity index (χ3n) is 2.30. The summed E-state index contributed by atoms with van der Waals surface area (Å²) in [6.45, 7) is 0.233. The van der Waals surface area contributed by atoms with Crippen molar-refractivity contribution in [1.29, 1.82) is 0 Å². The maximum absolute atomic E-state index is 11.5. The molecule has 6 nitrogen and oxygen atoms in total. The summed E-state index contributed by atoms with van der Waals surface area (Å²) in [7, 11) is -3.10. The SMILES string of the molecule is CS(=O)(=O)CCOc1ccc(Cl)cc1NC(=O)CCN. The first-order valence-electron chi connectivity index (χ1n) is 5.92. The Balaban J connectivity index is 2.76. The first-order chi connectivity index (χ1) is 9.31. The Morgan fingerprint density at radius 1 is 1.45 bits per heavy atom. The van der Waals surface area contributed by atoms with E-state index in [1.54, 1.807) is 12.1 Å². The van der Waals surface area contributed by atoms with Crippen molar-refractivity contribution in [3.8, 4) is 5.75 Å². The number of hydrogen-bond acceptors (Lipinski definition) is 5. The molecule has 0 aliphatic carbocycles. The van der Waals surface area contributed by atoms with Crippen LogP contribution in [0.5, 0.6) is 5.75 Å². The zero-order valence-corrected chi connectivity index (χ0v) is 12.6. The van der Waals surface area contributed by atoms with Crippen LogP contribution >= 0.6 is 11.6 Å². The van der Waals surface area contributed by atoms with E-state index in [4.69, 9.17) is 22.1 Å². The molecule has 0 unspecified atom stereocenters. The highest BCUT2D eigenvalue weighted by atomic mass is 35.5. The second kappa shape index (κ2) is 7.47. The van der Waals surface area contributed by atoms with Gasteiger partial charge in [0, 0.05) is 24.2 Å². The van der Waals surface area contributed by atoms with E-state index >= 15 is 0 Å². The number of sulfone groups is 1. The van der Waals surface area contributed by atoms with E-state index in [0.717, 1.165) is 6.26 Å². The molecule has 1 aromatic rings. The standard InChI is InChI=1S/C12H17ClN2O4S/c1-20(17,18)7-6-19-11-3-2-9(13)8-10(11)15-12(16)4-5-14/h2-3,8H,4-7,14H2,1H3,(H,15,16). The summed E-state index contributed by atoms with van der Waals surface area (Å²) in [4.78, 5) is 11.5. The predicted octanol–water partition coefficient (Wildman–Crippen LogP) is 1.05. The molecule has 0 atom stereocenters. The Labute approximate surface area is 123 Å². The molecule has 0 aliphatic heterocycles. The van der Waals surface area contributed by atoms with Gasteiger partial charge in [-0.2, -0.15) is 0 Å². The van der Waals surface area contributed by atoms with Crippen LogP contribution in [-0.4, -0.2) is 39.5 Å². The van der Waals surface area contributed by atoms with E-state index in [9.17, 15) is 13.2 Å². The van der Waals surface area contributed by atoms with Gasteiger partial charge in [0.2, 0.25) is 5.91 Å². The van der Waals surface area contributed by atoms with Crippen LogP contribution < -0.4 is 15.8 Å². The van der Waals surface area contributed by atoms with Gasteiger partial charge in [-0.3, -0.25) is 4.79 Å². The molecule has 0 bridgehead atoms. The van der Waals surface area contributed by atoms with Crippen LogP contribution in [0.4, 0.5) is 5.69 Å². The molecule has 8 heteroatoms. The topological polar surface area (TPSA) is 98.5 Å². The lowest BCUT2D eigenvalue weighted by Gasteiger charge is -2.12. The monoisotopic (exact) mass is 320 g/mol. The molecule has 0 saturated heterocycles. The molecule has 112 valence electrons. The van der Waals surface area contributed by atoms with E-state index in [2.05, 4.69) is 5.32 Å². The van der Waals surface area contributed by atoms with Crippen LogP contribution in [0.1, 0.15) is 6.42 Å². The van der Waals surface area contributed by atoms with E-state index in [1.807, 2.05) is 0 Å². The quantitative estimate of drug-likeness (QED) is 0.782. The molecular weight excluding hydrogens is 304 g/mol. The van der Waals surface area contributed by atoms with Gasteiger partial charge in [-0.15, -0.1) is 0 Å². The van der Waals surface area contributed by atoms with Gasteiger partial charge in [-0.1, -0.05) is 11.6 Å². The lowest BCUT2D eigenvalue weighted by atomic mass is 10.2. The van der Waals surface area contributed by atoms with Crippen molar-refractivity contribution in [1.82, 2.24) is 0 Å². The van der Waals surface area contributed by atoms with Crippen LogP contribution in [-0.2, 0) is 14.6 Å². The summed E-state index contributed by atoms with van der Waals surface area (Å²) in [5, 5.41) is 3.06. The number of nitrogens with two attached hydrogens (primary N) is 1. The fourth-order valence-electron chi connectivity index (χ4n) is 1.37. The normalized spacial score (nSPS) is 11.2. The number of hydrogen-bond donors (Lipinski definition) is 2. The van der Waals surface area contributed by atoms with E-state index in [-0.39, 0.29) is 31.2 Å². The van der Waals surface area contributed by atoms with Crippen molar-refractivity contribution in [3.05, 3.63) is 23.2 Å². The number of benzene rings is 1. The molecule has 3 N–H and O–H groups in total. The van der Waals surface area contributed by atoms with Crippen LogP contribution in [0.15, 0.2) is 18.2 Å². The minimum Gasteiger partial charge on any atom is -0.490 e. The minimum absolute atomic E-state index is 0.000223. The van der Waals surface area contributed by atoms with E-state index < -0.39 is 9.84 Å². The molecule has 0 saturated carbocycles. The van der Waals surface area contributed by atoms with Crippen molar-refractivity contribution < 1.29 is 17.9 Å². The lowest BCUT2D eigenvalue weighted by molar-refractivity contribution is -0.116. The smallest absolute Gasteiger partial charge is 0.225 e. The molecular formula is C12H17ClN2O4S. The first-order valence-corrected chi connectivity index (χ1v) is 8.35. The maximum Gasteiger partial charge on any atom is 0.225 e. The van der Waals surface area contributed by atoms with Gasteiger partial charge >= 0.3 is 0 Å². The Hall–Kier alpha value is -1.31. The Kier molecular flexibility index (Phi) is 6.25. The molecule has 20 heavy (non-hydrogen) atoms. The first kappa shape index (κ1) is 16.7. The molecule has 0 radical (unpaired) electrons. The zero-order chi connectivity index (χ0) is 15.2. The van der Waals surface area contributed by atoms with Gasteiger partial charge in [0.1, 0.15) is 12.4 Å². The van der Waals surface area contributed by atoms with Gasteiger partial charge in [0.25, 0.3) is 0 Å². The fraction of sp³-hybridized carbons (Fsp3) is 0.417. The van der Waals surface area contributed by atoms with Crippen LogP contribution in [0.3, 0.4) is 0 Å². The number of anilines is 1. The Morgan fingerprint density at radius 2 is 2.15 bits per heavy atom. The largest absolute Gasteiger partial charge is 0.490 e. The highest BCUT2D eigenvalue weighted by molar-refractivity contribution is 7.90. The van der Waals surface area contributed by atoms with Gasteiger partial charge in [0.15, 0.2) is 9.84 Å². The van der Waals surface area contributed by atoms with Crippen LogP contribution in [0, 0.1) is 0 Å². The van der Waals surface area contributed by atoms with Gasteiger partial charge < -0.3 is 15.8 Å². The average Bonchev–Trinajstić information content (AvgIpc) is 2.30. The number of rotatable bonds is 7. The highest BCUT2D eigenvalue weighted by Gasteiger charge is 2.10. The molecule has 0 spiro atoms. The lowest BCUT2D eigenvalue weighted by Crippen LogP contribution is -2.17. The summed E-state index contributed by atoms with van der Waals surface area (Å²) in [5.74, 6) is -0.00243. The third kappa shape index (κ3) is 6.23. The summed E-state index contributed by atoms with van der Waals surface area (Å²) in [6, 6.07) is 4.70. The second-order valence-electron chi connectivity index (χ2n) is 4.21. The molecule has 1 rings (SSSR count). The summed E-state index contributed by atoms with van der Waals surface area (Å²) in [6.07, 6.45) is 1.30. The maximum atomic E-state index is 11.5. The molecule has 0 heterocycles. The van der Waals surface area contributed by atoms with Crippen molar-refractivity contribution >= 4 is 33.0 Å². The zero-order valence-electron chi connectivity index (χ0n) is 11.1. The molecule has 1 aromatic carbocycles. The van der Waals surface area contributed by atoms with Crippen LogP contribution in [0.25, 0.3) is 0 Å². The number of nitrogens with one attached hydrogen (secondary N) is 1. The molecule has 0 aromatic heterocycles. The molecule has 0 aliphatic rings. The fourth-order valence-corrected chi connectivity index (χ4v) is 1.93. The van der Waals surface area contributed by atoms with Crippen molar-refractivity contribution in [2.24, 2.45) is 5.73 Å². The average molecular weight is 321 g/mol. The number of amides is 1. The Bertz CT molecular complexity index is 575. The van der Waals surface area contributed by atoms with Gasteiger partial charge in [-0.25, -0.2) is 8.42 Å². The summed E-state index contributed by atoms with van der Waals surface area (Å²) >= 11 is 5.86. The second-order valence-corrected chi connectivity index (χ2v) is 6.90. The van der Waals surface area contributed by atoms with E-state index in [0.29, 0.717) is 16.5 Å². The number of halogens is 1. The van der Waals surface area contributed by atoms with Crippen molar-refractivity contribution in [2.75, 3.05) is 30.5 Å². The number of ether oxygens (including phenoxy) is 1. The van der Waals surface area contributed by atoms with Gasteiger partial charge in [0.05, 0.1) is 11.4 Å². The van der Waals surface area contributed by atoms with Crippen molar-refractivity contribution in [3.63, 3.8) is 0 Å².